The van der Waals surface area contributed by atoms with Crippen LogP contribution < -0.4 is 10.0 Å². The molecule has 0 saturated carbocycles. The zero-order chi connectivity index (χ0) is 22.4. The predicted molar refractivity (Wildman–Crippen MR) is 117 cm³/mol. The molecule has 0 aliphatic carbocycles. The summed E-state index contributed by atoms with van der Waals surface area (Å²) in [5.74, 6) is -1.50. The third-order valence-corrected chi connectivity index (χ3v) is 6.57. The number of hydrogen-bond donors (Lipinski definition) is 2. The lowest BCUT2D eigenvalue weighted by Crippen LogP contribution is -2.37. The molecule has 9 heteroatoms. The van der Waals surface area contributed by atoms with Gasteiger partial charge in [-0.15, -0.1) is 0 Å². The van der Waals surface area contributed by atoms with Gasteiger partial charge in [-0.25, -0.2) is 17.5 Å². The maximum Gasteiger partial charge on any atom is 0.258 e. The highest BCUT2D eigenvalue weighted by Gasteiger charge is 2.20. The van der Waals surface area contributed by atoms with E-state index in [0.29, 0.717) is 5.69 Å². The van der Waals surface area contributed by atoms with Gasteiger partial charge < -0.3 is 10.1 Å². The minimum Gasteiger partial charge on any atom is -0.379 e. The van der Waals surface area contributed by atoms with Gasteiger partial charge in [0.1, 0.15) is 5.82 Å². The number of carbonyl (C=O) groups is 1. The number of anilines is 1. The molecule has 168 valence electrons. The van der Waals surface area contributed by atoms with Crippen LogP contribution in [-0.4, -0.2) is 58.1 Å². The average molecular weight is 450 g/mol. The fourth-order valence-corrected chi connectivity index (χ4v) is 4.57. The number of rotatable bonds is 8. The topological polar surface area (TPSA) is 87.7 Å². The minimum atomic E-state index is -3.84. The van der Waals surface area contributed by atoms with Crippen LogP contribution in [0.3, 0.4) is 0 Å². The molecule has 7 nitrogen and oxygen atoms in total. The van der Waals surface area contributed by atoms with Crippen molar-refractivity contribution in [1.29, 1.82) is 0 Å². The quantitative estimate of drug-likeness (QED) is 0.647. The molecule has 2 N–H and O–H groups in total. The van der Waals surface area contributed by atoms with E-state index in [1.807, 2.05) is 12.1 Å². The summed E-state index contributed by atoms with van der Waals surface area (Å²) in [7, 11) is -3.84. The highest BCUT2D eigenvalue weighted by Crippen LogP contribution is 2.18. The predicted octanol–water partition coefficient (Wildman–Crippen LogP) is 2.64. The van der Waals surface area contributed by atoms with Crippen LogP contribution in [0.4, 0.5) is 10.1 Å². The van der Waals surface area contributed by atoms with Gasteiger partial charge in [-0.3, -0.25) is 9.69 Å². The zero-order valence-electron chi connectivity index (χ0n) is 17.7. The number of halogens is 1. The van der Waals surface area contributed by atoms with Crippen LogP contribution in [0.25, 0.3) is 0 Å². The summed E-state index contributed by atoms with van der Waals surface area (Å²) in [6, 6.07) is 10.2. The summed E-state index contributed by atoms with van der Waals surface area (Å²) in [6.45, 7) is 7.68. The molecule has 1 aliphatic rings. The molecule has 0 atom stereocenters. The molecule has 2 aromatic rings. The smallest absolute Gasteiger partial charge is 0.258 e. The van der Waals surface area contributed by atoms with E-state index in [9.17, 15) is 17.6 Å². The second-order valence-corrected chi connectivity index (χ2v) is 9.49. The van der Waals surface area contributed by atoms with E-state index in [0.717, 1.165) is 63.0 Å². The first-order valence-corrected chi connectivity index (χ1v) is 11.8. The molecule has 0 aromatic heterocycles. The highest BCUT2D eigenvalue weighted by molar-refractivity contribution is 7.89. The Labute approximate surface area is 182 Å². The fourth-order valence-electron chi connectivity index (χ4n) is 3.29. The molecule has 3 rings (SSSR count). The molecule has 1 aliphatic heterocycles. The molecular formula is C22H28FN3O4S. The molecule has 0 unspecified atom stereocenters. The van der Waals surface area contributed by atoms with E-state index in [1.54, 1.807) is 26.0 Å². The minimum absolute atomic E-state index is 0.161. The number of amides is 1. The van der Waals surface area contributed by atoms with Crippen LogP contribution >= 0.6 is 0 Å². The molecule has 0 bridgehead atoms. The summed E-state index contributed by atoms with van der Waals surface area (Å²) >= 11 is 0. The Hall–Kier alpha value is -2.33. The molecule has 1 amide bonds. The lowest BCUT2D eigenvalue weighted by atomic mass is 10.1. The molecule has 0 spiro atoms. The standard InChI is InChI=1S/C22H28FN3O4S/c1-16(2)25-31(28,29)19-7-8-21(23)20(15-19)22(27)24-18-5-3-17(4-6-18)9-10-26-11-13-30-14-12-26/h3-8,15-16,25H,9-14H2,1-2H3,(H,24,27). The second kappa shape index (κ2) is 10.3. The Kier molecular flexibility index (Phi) is 7.77. The van der Waals surface area contributed by atoms with Crippen molar-refractivity contribution >= 4 is 21.6 Å². The first kappa shape index (κ1) is 23.3. The van der Waals surface area contributed by atoms with Gasteiger partial charge in [-0.2, -0.15) is 0 Å². The van der Waals surface area contributed by atoms with Crippen LogP contribution in [0.2, 0.25) is 0 Å². The Morgan fingerprint density at radius 2 is 1.81 bits per heavy atom. The van der Waals surface area contributed by atoms with E-state index < -0.39 is 21.7 Å². The number of carbonyl (C=O) groups excluding carboxylic acids is 1. The van der Waals surface area contributed by atoms with Crippen LogP contribution in [-0.2, 0) is 21.2 Å². The lowest BCUT2D eigenvalue weighted by Gasteiger charge is -2.26. The summed E-state index contributed by atoms with van der Waals surface area (Å²) < 4.78 is 46.6. The molecule has 1 heterocycles. The molecule has 1 fully saturated rings. The van der Waals surface area contributed by atoms with Crippen LogP contribution in [0.15, 0.2) is 47.4 Å². The summed E-state index contributed by atoms with van der Waals surface area (Å²) in [4.78, 5) is 14.8. The zero-order valence-corrected chi connectivity index (χ0v) is 18.5. The third kappa shape index (κ3) is 6.57. The van der Waals surface area contributed by atoms with Gasteiger partial charge in [-0.05, 0) is 56.2 Å². The molecule has 31 heavy (non-hydrogen) atoms. The van der Waals surface area contributed by atoms with E-state index in [-0.39, 0.29) is 16.5 Å². The second-order valence-electron chi connectivity index (χ2n) is 7.77. The number of nitrogens with zero attached hydrogens (tertiary/aromatic N) is 1. The number of nitrogens with one attached hydrogen (secondary N) is 2. The molecule has 1 saturated heterocycles. The van der Waals surface area contributed by atoms with E-state index >= 15 is 0 Å². The van der Waals surface area contributed by atoms with Gasteiger partial charge in [0.05, 0.1) is 23.7 Å². The largest absolute Gasteiger partial charge is 0.379 e. The maximum absolute atomic E-state index is 14.2. The van der Waals surface area contributed by atoms with Crippen molar-refractivity contribution in [2.24, 2.45) is 0 Å². The Morgan fingerprint density at radius 1 is 1.13 bits per heavy atom. The van der Waals surface area contributed by atoms with Crippen molar-refractivity contribution < 1.29 is 22.3 Å². The number of ether oxygens (including phenoxy) is 1. The fraction of sp³-hybridized carbons (Fsp3) is 0.409. The Balaban J connectivity index is 1.65. The number of hydrogen-bond acceptors (Lipinski definition) is 5. The average Bonchev–Trinajstić information content (AvgIpc) is 2.73. The SMILES string of the molecule is CC(C)NS(=O)(=O)c1ccc(F)c(C(=O)Nc2ccc(CCN3CCOCC3)cc2)c1. The van der Waals surface area contributed by atoms with Gasteiger partial charge >= 0.3 is 0 Å². The van der Waals surface area contributed by atoms with E-state index in [2.05, 4.69) is 14.9 Å². The van der Waals surface area contributed by atoms with Crippen molar-refractivity contribution in [3.05, 3.63) is 59.4 Å². The van der Waals surface area contributed by atoms with Crippen molar-refractivity contribution in [3.63, 3.8) is 0 Å². The Morgan fingerprint density at radius 3 is 2.45 bits per heavy atom. The third-order valence-electron chi connectivity index (χ3n) is 4.92. The van der Waals surface area contributed by atoms with E-state index in [1.165, 1.54) is 0 Å². The number of benzene rings is 2. The summed E-state index contributed by atoms with van der Waals surface area (Å²) in [6.07, 6.45) is 0.881. The number of sulfonamides is 1. The normalized spacial score (nSPS) is 15.2. The van der Waals surface area contributed by atoms with Crippen LogP contribution in [0, 0.1) is 5.82 Å². The first-order valence-electron chi connectivity index (χ1n) is 10.3. The van der Waals surface area contributed by atoms with Crippen LogP contribution in [0.1, 0.15) is 29.8 Å². The first-order chi connectivity index (χ1) is 14.7. The van der Waals surface area contributed by atoms with E-state index in [4.69, 9.17) is 4.74 Å². The van der Waals surface area contributed by atoms with Crippen molar-refractivity contribution in [2.45, 2.75) is 31.2 Å². The van der Waals surface area contributed by atoms with Gasteiger partial charge in [-0.1, -0.05) is 12.1 Å². The molecule has 0 radical (unpaired) electrons. The van der Waals surface area contributed by atoms with Crippen molar-refractivity contribution in [2.75, 3.05) is 38.2 Å². The van der Waals surface area contributed by atoms with Crippen molar-refractivity contribution in [3.8, 4) is 0 Å². The van der Waals surface area contributed by atoms with Gasteiger partial charge in [0.25, 0.3) is 5.91 Å². The maximum atomic E-state index is 14.2. The van der Waals surface area contributed by atoms with Gasteiger partial charge in [0, 0.05) is 31.4 Å². The number of morpholine rings is 1. The monoisotopic (exact) mass is 449 g/mol. The van der Waals surface area contributed by atoms with Crippen molar-refractivity contribution in [1.82, 2.24) is 9.62 Å². The Bertz CT molecular complexity index is 1000. The highest BCUT2D eigenvalue weighted by atomic mass is 32.2. The van der Waals surface area contributed by atoms with Crippen LogP contribution in [0.5, 0.6) is 0 Å². The summed E-state index contributed by atoms with van der Waals surface area (Å²) in [5, 5.41) is 2.63. The van der Waals surface area contributed by atoms with Gasteiger partial charge in [0.15, 0.2) is 0 Å². The summed E-state index contributed by atoms with van der Waals surface area (Å²) in [5.41, 5.74) is 1.31. The lowest BCUT2D eigenvalue weighted by molar-refractivity contribution is 0.0384. The molecule has 2 aromatic carbocycles. The van der Waals surface area contributed by atoms with Gasteiger partial charge in [0.2, 0.25) is 10.0 Å². The molecular weight excluding hydrogens is 421 g/mol.